The zero-order valence-corrected chi connectivity index (χ0v) is 18.9. The van der Waals surface area contributed by atoms with Crippen molar-refractivity contribution in [2.45, 2.75) is 4.90 Å². The van der Waals surface area contributed by atoms with E-state index in [1.54, 1.807) is 24.3 Å². The Bertz CT molecular complexity index is 1240. The van der Waals surface area contributed by atoms with Crippen molar-refractivity contribution < 1.29 is 22.7 Å². The predicted octanol–water partition coefficient (Wildman–Crippen LogP) is 3.88. The molecule has 0 spiro atoms. The molecular weight excluding hydrogens is 477 g/mol. The maximum absolute atomic E-state index is 12.7. The maximum Gasteiger partial charge on any atom is 0.269 e. The van der Waals surface area contributed by atoms with E-state index in [0.717, 1.165) is 0 Å². The molecular formula is C21H17Cl2N3O5S. The van der Waals surface area contributed by atoms with Crippen LogP contribution in [0, 0.1) is 0 Å². The van der Waals surface area contributed by atoms with Gasteiger partial charge in [0.25, 0.3) is 21.8 Å². The van der Waals surface area contributed by atoms with Crippen LogP contribution in [0.3, 0.4) is 0 Å². The number of methoxy groups -OCH3 is 1. The highest BCUT2D eigenvalue weighted by Gasteiger charge is 2.17. The van der Waals surface area contributed by atoms with Crippen LogP contribution in [-0.4, -0.2) is 27.3 Å². The van der Waals surface area contributed by atoms with Gasteiger partial charge in [0.05, 0.1) is 12.0 Å². The molecule has 0 atom stereocenters. The van der Waals surface area contributed by atoms with Crippen molar-refractivity contribution in [1.29, 1.82) is 0 Å². The first-order valence-electron chi connectivity index (χ1n) is 9.01. The number of hydrogen-bond donors (Lipinski definition) is 3. The standard InChI is InChI=1S/C21H17Cl2N3O5S/c1-31-18-7-5-17(6-8-18)26-32(29,30)19-4-2-3-13(11-19)20(27)24-25-21(28)14-9-15(22)12-16(23)10-14/h2-12,26H,1H3,(H,24,27)(H,25,28). The van der Waals surface area contributed by atoms with E-state index in [4.69, 9.17) is 27.9 Å². The number of amides is 2. The third-order valence-electron chi connectivity index (χ3n) is 4.16. The van der Waals surface area contributed by atoms with Gasteiger partial charge in [-0.1, -0.05) is 29.3 Å². The average molecular weight is 494 g/mol. The second kappa shape index (κ2) is 9.90. The number of hydrogen-bond acceptors (Lipinski definition) is 5. The van der Waals surface area contributed by atoms with Crippen LogP contribution in [0.4, 0.5) is 5.69 Å². The average Bonchev–Trinajstić information content (AvgIpc) is 2.77. The molecule has 166 valence electrons. The lowest BCUT2D eigenvalue weighted by molar-refractivity contribution is 0.0846. The highest BCUT2D eigenvalue weighted by Crippen LogP contribution is 2.21. The quantitative estimate of drug-likeness (QED) is 0.451. The molecule has 0 fully saturated rings. The Hall–Kier alpha value is -3.27. The Labute approximate surface area is 194 Å². The van der Waals surface area contributed by atoms with E-state index in [2.05, 4.69) is 15.6 Å². The lowest BCUT2D eigenvalue weighted by Crippen LogP contribution is -2.41. The zero-order chi connectivity index (χ0) is 23.3. The number of ether oxygens (including phenoxy) is 1. The number of rotatable bonds is 6. The first-order chi connectivity index (χ1) is 15.2. The number of carbonyl (C=O) groups is 2. The Morgan fingerprint density at radius 2 is 1.41 bits per heavy atom. The van der Waals surface area contributed by atoms with Crippen molar-refractivity contribution >= 4 is 50.7 Å². The van der Waals surface area contributed by atoms with E-state index < -0.39 is 21.8 Å². The SMILES string of the molecule is COc1ccc(NS(=O)(=O)c2cccc(C(=O)NNC(=O)c3cc(Cl)cc(Cl)c3)c2)cc1. The van der Waals surface area contributed by atoms with Crippen molar-refractivity contribution in [3.8, 4) is 5.75 Å². The normalized spacial score (nSPS) is 10.8. The molecule has 0 bridgehead atoms. The third-order valence-corrected chi connectivity index (χ3v) is 5.98. The summed E-state index contributed by atoms with van der Waals surface area (Å²) in [6.45, 7) is 0. The van der Waals surface area contributed by atoms with Crippen LogP contribution in [0.15, 0.2) is 71.6 Å². The third kappa shape index (κ3) is 5.91. The van der Waals surface area contributed by atoms with Crippen molar-refractivity contribution in [2.75, 3.05) is 11.8 Å². The summed E-state index contributed by atoms with van der Waals surface area (Å²) in [5, 5.41) is 0.521. The van der Waals surface area contributed by atoms with Crippen LogP contribution in [-0.2, 0) is 10.0 Å². The summed E-state index contributed by atoms with van der Waals surface area (Å²) >= 11 is 11.7. The summed E-state index contributed by atoms with van der Waals surface area (Å²) in [6.07, 6.45) is 0. The number of anilines is 1. The van der Waals surface area contributed by atoms with Crippen LogP contribution in [0.25, 0.3) is 0 Å². The number of nitrogens with one attached hydrogen (secondary N) is 3. The van der Waals surface area contributed by atoms with Gasteiger partial charge in [-0.05, 0) is 60.7 Å². The highest BCUT2D eigenvalue weighted by atomic mass is 35.5. The number of sulfonamides is 1. The molecule has 11 heteroatoms. The maximum atomic E-state index is 12.7. The minimum absolute atomic E-state index is 0.0204. The van der Waals surface area contributed by atoms with Crippen LogP contribution in [0.2, 0.25) is 10.0 Å². The van der Waals surface area contributed by atoms with Crippen LogP contribution >= 0.6 is 23.2 Å². The molecule has 8 nitrogen and oxygen atoms in total. The van der Waals surface area contributed by atoms with Gasteiger partial charge in [-0.15, -0.1) is 0 Å². The molecule has 0 unspecified atom stereocenters. The van der Waals surface area contributed by atoms with Crippen LogP contribution < -0.4 is 20.3 Å². The summed E-state index contributed by atoms with van der Waals surface area (Å²) in [6, 6.07) is 15.9. The van der Waals surface area contributed by atoms with Gasteiger partial charge in [-0.3, -0.25) is 25.2 Å². The summed E-state index contributed by atoms with van der Waals surface area (Å²) in [4.78, 5) is 24.5. The highest BCUT2D eigenvalue weighted by molar-refractivity contribution is 7.92. The smallest absolute Gasteiger partial charge is 0.269 e. The van der Waals surface area contributed by atoms with E-state index in [1.807, 2.05) is 0 Å². The van der Waals surface area contributed by atoms with Gasteiger partial charge in [0.15, 0.2) is 0 Å². The summed E-state index contributed by atoms with van der Waals surface area (Å²) in [5.41, 5.74) is 4.94. The molecule has 3 aromatic rings. The number of halogens is 2. The number of carbonyl (C=O) groups excluding carboxylic acids is 2. The topological polar surface area (TPSA) is 114 Å². The molecule has 3 rings (SSSR count). The van der Waals surface area contributed by atoms with Gasteiger partial charge >= 0.3 is 0 Å². The molecule has 3 N–H and O–H groups in total. The lowest BCUT2D eigenvalue weighted by atomic mass is 10.2. The Balaban J connectivity index is 1.70. The van der Waals surface area contributed by atoms with E-state index in [1.165, 1.54) is 49.6 Å². The molecule has 0 aliphatic heterocycles. The fourth-order valence-electron chi connectivity index (χ4n) is 2.62. The molecule has 0 saturated heterocycles. The van der Waals surface area contributed by atoms with Gasteiger partial charge in [0, 0.05) is 26.9 Å². The fourth-order valence-corrected chi connectivity index (χ4v) is 4.25. The van der Waals surface area contributed by atoms with Crippen molar-refractivity contribution in [3.63, 3.8) is 0 Å². The molecule has 2 amide bonds. The zero-order valence-electron chi connectivity index (χ0n) is 16.6. The first-order valence-corrected chi connectivity index (χ1v) is 11.3. The van der Waals surface area contributed by atoms with Gasteiger partial charge in [-0.2, -0.15) is 0 Å². The van der Waals surface area contributed by atoms with Gasteiger partial charge in [-0.25, -0.2) is 8.42 Å². The lowest BCUT2D eigenvalue weighted by Gasteiger charge is -2.11. The van der Waals surface area contributed by atoms with Gasteiger partial charge < -0.3 is 4.74 Å². The minimum Gasteiger partial charge on any atom is -0.497 e. The van der Waals surface area contributed by atoms with Crippen LogP contribution in [0.1, 0.15) is 20.7 Å². The molecule has 0 radical (unpaired) electrons. The largest absolute Gasteiger partial charge is 0.497 e. The van der Waals surface area contributed by atoms with E-state index in [0.29, 0.717) is 11.4 Å². The number of benzene rings is 3. The Morgan fingerprint density at radius 3 is 2.00 bits per heavy atom. The first kappa shape index (κ1) is 23.4. The van der Waals surface area contributed by atoms with E-state index in [9.17, 15) is 18.0 Å². The van der Waals surface area contributed by atoms with Crippen molar-refractivity contribution in [3.05, 3.63) is 87.9 Å². The minimum atomic E-state index is -3.96. The molecule has 0 saturated carbocycles. The molecule has 0 aliphatic carbocycles. The Morgan fingerprint density at radius 1 is 0.812 bits per heavy atom. The van der Waals surface area contributed by atoms with Gasteiger partial charge in [0.2, 0.25) is 0 Å². The summed E-state index contributed by atoms with van der Waals surface area (Å²) in [5.74, 6) is -0.783. The van der Waals surface area contributed by atoms with Gasteiger partial charge in [0.1, 0.15) is 5.75 Å². The van der Waals surface area contributed by atoms with Crippen molar-refractivity contribution in [2.24, 2.45) is 0 Å². The second-order valence-electron chi connectivity index (χ2n) is 6.43. The predicted molar refractivity (Wildman–Crippen MR) is 122 cm³/mol. The van der Waals surface area contributed by atoms with E-state index >= 15 is 0 Å². The molecule has 32 heavy (non-hydrogen) atoms. The fraction of sp³-hybridized carbons (Fsp3) is 0.0476. The summed E-state index contributed by atoms with van der Waals surface area (Å²) < 4.78 is 32.8. The molecule has 0 aliphatic rings. The van der Waals surface area contributed by atoms with Crippen molar-refractivity contribution in [1.82, 2.24) is 10.9 Å². The molecule has 0 aromatic heterocycles. The monoisotopic (exact) mass is 493 g/mol. The van der Waals surface area contributed by atoms with E-state index in [-0.39, 0.29) is 26.1 Å². The van der Waals surface area contributed by atoms with Crippen LogP contribution in [0.5, 0.6) is 5.75 Å². The summed E-state index contributed by atoms with van der Waals surface area (Å²) in [7, 11) is -2.46. The molecule has 0 heterocycles. The molecule has 3 aromatic carbocycles. The Kier molecular flexibility index (Phi) is 7.24. The number of hydrazine groups is 1. The second-order valence-corrected chi connectivity index (χ2v) is 8.98.